The van der Waals surface area contributed by atoms with E-state index in [4.69, 9.17) is 9.63 Å². The fourth-order valence-electron chi connectivity index (χ4n) is 1.28. The number of aromatic carboxylic acids is 1. The van der Waals surface area contributed by atoms with Crippen molar-refractivity contribution < 1.29 is 14.4 Å². The Kier molecular flexibility index (Phi) is 3.28. The van der Waals surface area contributed by atoms with Gasteiger partial charge in [0.25, 0.3) is 0 Å². The van der Waals surface area contributed by atoms with Crippen LogP contribution in [0.2, 0.25) is 0 Å². The van der Waals surface area contributed by atoms with Crippen molar-refractivity contribution in [2.75, 3.05) is 0 Å². The van der Waals surface area contributed by atoms with Crippen molar-refractivity contribution in [1.29, 1.82) is 0 Å². The summed E-state index contributed by atoms with van der Waals surface area (Å²) in [5.41, 5.74) is 0.682. The highest BCUT2D eigenvalue weighted by molar-refractivity contribution is 5.89. The van der Waals surface area contributed by atoms with E-state index in [2.05, 4.69) is 19.0 Å². The zero-order valence-corrected chi connectivity index (χ0v) is 8.70. The van der Waals surface area contributed by atoms with E-state index in [1.165, 1.54) is 0 Å². The van der Waals surface area contributed by atoms with Crippen LogP contribution in [0.15, 0.2) is 4.52 Å². The normalized spacial score (nSPS) is 10.9. The van der Waals surface area contributed by atoms with Crippen molar-refractivity contribution in [3.8, 4) is 0 Å². The van der Waals surface area contributed by atoms with Crippen molar-refractivity contribution in [2.24, 2.45) is 5.92 Å². The molecule has 1 aromatic rings. The molecular weight excluding hydrogens is 182 g/mol. The molecular formula is C10H15NO3. The summed E-state index contributed by atoms with van der Waals surface area (Å²) in [6.45, 7) is 5.82. The molecule has 0 spiro atoms. The van der Waals surface area contributed by atoms with Gasteiger partial charge in [-0.15, -0.1) is 0 Å². The van der Waals surface area contributed by atoms with Gasteiger partial charge in [0.15, 0.2) is 5.76 Å². The minimum absolute atomic E-state index is 0.227. The van der Waals surface area contributed by atoms with Crippen LogP contribution >= 0.6 is 0 Å². The molecule has 14 heavy (non-hydrogen) atoms. The van der Waals surface area contributed by atoms with Crippen molar-refractivity contribution in [3.63, 3.8) is 0 Å². The van der Waals surface area contributed by atoms with Crippen LogP contribution in [0.3, 0.4) is 0 Å². The average molecular weight is 197 g/mol. The van der Waals surface area contributed by atoms with Gasteiger partial charge in [-0.05, 0) is 19.3 Å². The SMILES string of the molecule is Cc1noc(CCC(C)C)c1C(=O)O. The molecule has 4 heteroatoms. The Bertz CT molecular complexity index is 328. The van der Waals surface area contributed by atoms with Gasteiger partial charge in [0.2, 0.25) is 0 Å². The Labute approximate surface area is 82.9 Å². The summed E-state index contributed by atoms with van der Waals surface area (Å²) in [6.07, 6.45) is 1.55. The maximum Gasteiger partial charge on any atom is 0.341 e. The number of carbonyl (C=O) groups is 1. The predicted molar refractivity (Wildman–Crippen MR) is 51.4 cm³/mol. The Morgan fingerprint density at radius 2 is 2.21 bits per heavy atom. The number of aromatic nitrogens is 1. The third kappa shape index (κ3) is 2.34. The van der Waals surface area contributed by atoms with Gasteiger partial charge in [-0.1, -0.05) is 19.0 Å². The summed E-state index contributed by atoms with van der Waals surface area (Å²) < 4.78 is 4.98. The van der Waals surface area contributed by atoms with Gasteiger partial charge in [-0.2, -0.15) is 0 Å². The number of aryl methyl sites for hydroxylation is 2. The van der Waals surface area contributed by atoms with E-state index >= 15 is 0 Å². The molecule has 0 aromatic carbocycles. The highest BCUT2D eigenvalue weighted by Gasteiger charge is 2.19. The maximum atomic E-state index is 10.8. The fourth-order valence-corrected chi connectivity index (χ4v) is 1.28. The molecule has 0 saturated heterocycles. The van der Waals surface area contributed by atoms with Crippen LogP contribution in [-0.4, -0.2) is 16.2 Å². The van der Waals surface area contributed by atoms with Gasteiger partial charge < -0.3 is 9.63 Å². The molecule has 0 saturated carbocycles. The van der Waals surface area contributed by atoms with Gasteiger partial charge in [0, 0.05) is 6.42 Å². The van der Waals surface area contributed by atoms with Gasteiger partial charge in [-0.3, -0.25) is 0 Å². The van der Waals surface area contributed by atoms with Crippen LogP contribution in [0, 0.1) is 12.8 Å². The monoisotopic (exact) mass is 197 g/mol. The molecule has 0 atom stereocenters. The summed E-state index contributed by atoms with van der Waals surface area (Å²) >= 11 is 0. The van der Waals surface area contributed by atoms with Crippen LogP contribution in [0.4, 0.5) is 0 Å². The molecule has 1 rings (SSSR count). The minimum atomic E-state index is -0.956. The molecule has 1 heterocycles. The van der Waals surface area contributed by atoms with E-state index in [0.29, 0.717) is 23.8 Å². The number of carboxylic acids is 1. The standard InChI is InChI=1S/C10H15NO3/c1-6(2)4-5-8-9(10(12)13)7(3)11-14-8/h6H,4-5H2,1-3H3,(H,12,13). The second kappa shape index (κ2) is 4.26. The molecule has 1 aromatic heterocycles. The lowest BCUT2D eigenvalue weighted by atomic mass is 10.0. The predicted octanol–water partition coefficient (Wildman–Crippen LogP) is 2.27. The number of nitrogens with zero attached hydrogens (tertiary/aromatic N) is 1. The second-order valence-corrected chi connectivity index (χ2v) is 3.80. The number of rotatable bonds is 4. The van der Waals surface area contributed by atoms with Crippen molar-refractivity contribution in [1.82, 2.24) is 5.16 Å². The molecule has 0 radical (unpaired) electrons. The van der Waals surface area contributed by atoms with E-state index in [9.17, 15) is 4.79 Å². The molecule has 0 amide bonds. The van der Waals surface area contributed by atoms with Crippen molar-refractivity contribution >= 4 is 5.97 Å². The zero-order chi connectivity index (χ0) is 10.7. The summed E-state index contributed by atoms with van der Waals surface area (Å²) in [4.78, 5) is 10.8. The van der Waals surface area contributed by atoms with Crippen LogP contribution < -0.4 is 0 Å². The average Bonchev–Trinajstić information content (AvgIpc) is 2.43. The fraction of sp³-hybridized carbons (Fsp3) is 0.600. The summed E-state index contributed by atoms with van der Waals surface area (Å²) in [6, 6.07) is 0. The van der Waals surface area contributed by atoms with E-state index in [0.717, 1.165) is 6.42 Å². The molecule has 78 valence electrons. The highest BCUT2D eigenvalue weighted by atomic mass is 16.5. The van der Waals surface area contributed by atoms with E-state index < -0.39 is 5.97 Å². The Balaban J connectivity index is 2.81. The molecule has 4 nitrogen and oxygen atoms in total. The third-order valence-corrected chi connectivity index (χ3v) is 2.10. The lowest BCUT2D eigenvalue weighted by molar-refractivity contribution is 0.0693. The lowest BCUT2D eigenvalue weighted by Crippen LogP contribution is -2.02. The largest absolute Gasteiger partial charge is 0.477 e. The smallest absolute Gasteiger partial charge is 0.341 e. The van der Waals surface area contributed by atoms with Gasteiger partial charge in [0.1, 0.15) is 5.56 Å². The molecule has 0 bridgehead atoms. The minimum Gasteiger partial charge on any atom is -0.477 e. The van der Waals surface area contributed by atoms with Crippen LogP contribution in [0.5, 0.6) is 0 Å². The topological polar surface area (TPSA) is 63.3 Å². The quantitative estimate of drug-likeness (QED) is 0.804. The van der Waals surface area contributed by atoms with Gasteiger partial charge in [0.05, 0.1) is 5.69 Å². The maximum absolute atomic E-state index is 10.8. The third-order valence-electron chi connectivity index (χ3n) is 2.10. The van der Waals surface area contributed by atoms with Crippen molar-refractivity contribution in [2.45, 2.75) is 33.6 Å². The molecule has 0 aliphatic rings. The van der Waals surface area contributed by atoms with Crippen LogP contribution in [-0.2, 0) is 6.42 Å². The van der Waals surface area contributed by atoms with Crippen molar-refractivity contribution in [3.05, 3.63) is 17.0 Å². The Hall–Kier alpha value is -1.32. The second-order valence-electron chi connectivity index (χ2n) is 3.80. The van der Waals surface area contributed by atoms with E-state index in [1.807, 2.05) is 0 Å². The first-order chi connectivity index (χ1) is 6.52. The van der Waals surface area contributed by atoms with E-state index in [-0.39, 0.29) is 5.56 Å². The molecule has 0 aliphatic heterocycles. The number of hydrogen-bond acceptors (Lipinski definition) is 3. The first kappa shape index (κ1) is 10.8. The molecule has 0 unspecified atom stereocenters. The molecule has 0 fully saturated rings. The lowest BCUT2D eigenvalue weighted by Gasteiger charge is -2.01. The van der Waals surface area contributed by atoms with Gasteiger partial charge >= 0.3 is 5.97 Å². The number of carboxylic acid groups (broad SMARTS) is 1. The Morgan fingerprint density at radius 1 is 1.57 bits per heavy atom. The first-order valence-corrected chi connectivity index (χ1v) is 4.70. The first-order valence-electron chi connectivity index (χ1n) is 4.70. The highest BCUT2D eigenvalue weighted by Crippen LogP contribution is 2.17. The summed E-state index contributed by atoms with van der Waals surface area (Å²) in [7, 11) is 0. The number of hydrogen-bond donors (Lipinski definition) is 1. The Morgan fingerprint density at radius 3 is 2.71 bits per heavy atom. The molecule has 0 aliphatic carbocycles. The zero-order valence-electron chi connectivity index (χ0n) is 8.70. The van der Waals surface area contributed by atoms with E-state index in [1.54, 1.807) is 6.92 Å². The molecule has 1 N–H and O–H groups in total. The van der Waals surface area contributed by atoms with Gasteiger partial charge in [-0.25, -0.2) is 4.79 Å². The van der Waals surface area contributed by atoms with Crippen LogP contribution in [0.1, 0.15) is 42.1 Å². The summed E-state index contributed by atoms with van der Waals surface area (Å²) in [5, 5.41) is 12.6. The summed E-state index contributed by atoms with van der Waals surface area (Å²) in [5.74, 6) is 0.0632. The van der Waals surface area contributed by atoms with Crippen LogP contribution in [0.25, 0.3) is 0 Å².